The van der Waals surface area contributed by atoms with Gasteiger partial charge in [-0.05, 0) is 120 Å². The number of nitrogen functional groups attached to an aromatic ring is 2. The topological polar surface area (TPSA) is 164 Å². The van der Waals surface area contributed by atoms with Crippen molar-refractivity contribution < 1.29 is 9.31 Å². The Kier molecular flexibility index (Phi) is 25.0. The lowest BCUT2D eigenvalue weighted by atomic mass is 9.75. The molecule has 0 unspecified atom stereocenters. The van der Waals surface area contributed by atoms with Gasteiger partial charge in [-0.15, -0.1) is 30.0 Å². The standard InChI is InChI=1S/C40H42N6.C26H19BrN4.C19H33BN2O2.CH4/c1-29(2)27-45(28-30(3)4)38-25-24-31(26-37(38)41)35-22-14-15-23-36(35)39-42-44-46(43-39)40(32-16-8-5-9-17-32,33-18-10-6-11-19-33)34-20-12-7-13-21-34;27-24-19-11-10-18-23(24)25-28-30-31(29-25)26(20-12-4-1-5-13-20,21-14-6-2-7-15-21)22-16-8-3-9-17-22;1-14(2)10-22(11-15(3)4)18-8-7-16(9-17(18)21)20-23-12-19(5,6)13-24-20;/h5-26,29-30H,27-28,41H2,1-4H3;1-19H;7-9,14-15H,10-13,21H2,1-6H3;1H4. The van der Waals surface area contributed by atoms with E-state index in [1.165, 1.54) is 0 Å². The molecule has 1 aliphatic rings. The Labute approximate surface area is 613 Å². The summed E-state index contributed by atoms with van der Waals surface area (Å²) in [5.41, 5.74) is 26.5. The molecule has 524 valence electrons. The van der Waals surface area contributed by atoms with Gasteiger partial charge in [0.1, 0.15) is 0 Å². The minimum Gasteiger partial charge on any atom is -0.407 e. The molecule has 1 aliphatic heterocycles. The maximum atomic E-state index is 6.76. The highest BCUT2D eigenvalue weighted by molar-refractivity contribution is 9.10. The monoisotopic (exact) mass is 1420 g/mol. The maximum absolute atomic E-state index is 6.76. The van der Waals surface area contributed by atoms with Crippen molar-refractivity contribution in [1.82, 2.24) is 40.4 Å². The fraction of sp³-hybridized carbons (Fsp3) is 0.279. The molecule has 0 radical (unpaired) electrons. The third-order valence-electron chi connectivity index (χ3n) is 17.8. The minimum absolute atomic E-state index is 0. The SMILES string of the molecule is Brc1ccccc1-c1nnn(C(c2ccccc2)(c2ccccc2)c2ccccc2)n1.C.CC(C)CN(CC(C)C)c1ccc(-c2ccccc2-c2nnn(C(c3ccccc3)(c3ccccc3)c3ccccc3)n2)cc1N.CC(C)CN(CC(C)C)c1ccc(B2OCC(C)(C)CO2)cc1N. The number of nitrogens with zero attached hydrogens (tertiary/aromatic N) is 10. The molecule has 0 atom stereocenters. The molecule has 0 amide bonds. The number of benzene rings is 10. The second-order valence-electron chi connectivity index (χ2n) is 28.5. The Bertz CT molecular complexity index is 4330. The van der Waals surface area contributed by atoms with Gasteiger partial charge in [0, 0.05) is 60.4 Å². The molecule has 1 saturated heterocycles. The van der Waals surface area contributed by atoms with Crippen LogP contribution < -0.4 is 26.7 Å². The Hall–Kier alpha value is -10.00. The number of rotatable bonds is 22. The molecule has 3 heterocycles. The van der Waals surface area contributed by atoms with Gasteiger partial charge in [0.05, 0.1) is 22.7 Å². The summed E-state index contributed by atoms with van der Waals surface area (Å²) in [6.45, 7) is 27.6. The van der Waals surface area contributed by atoms with Crippen LogP contribution in [0.1, 0.15) is 110 Å². The van der Waals surface area contributed by atoms with Crippen LogP contribution in [-0.4, -0.2) is 86.9 Å². The number of hydrogen-bond donors (Lipinski definition) is 2. The second-order valence-corrected chi connectivity index (χ2v) is 29.4. The van der Waals surface area contributed by atoms with Crippen molar-refractivity contribution in [2.24, 2.45) is 29.1 Å². The van der Waals surface area contributed by atoms with Crippen LogP contribution >= 0.6 is 15.9 Å². The first kappa shape index (κ1) is 74.7. The van der Waals surface area contributed by atoms with E-state index >= 15 is 0 Å². The first-order valence-electron chi connectivity index (χ1n) is 35.2. The zero-order chi connectivity index (χ0) is 71.1. The first-order chi connectivity index (χ1) is 48.8. The summed E-state index contributed by atoms with van der Waals surface area (Å²) in [6, 6.07) is 90.9. The average Bonchev–Trinajstić information content (AvgIpc) is 1.34. The molecule has 12 aromatic rings. The van der Waals surface area contributed by atoms with Gasteiger partial charge in [0.25, 0.3) is 0 Å². The van der Waals surface area contributed by atoms with Crippen molar-refractivity contribution >= 4 is 51.3 Å². The molecule has 102 heavy (non-hydrogen) atoms. The van der Waals surface area contributed by atoms with E-state index < -0.39 is 11.1 Å². The lowest BCUT2D eigenvalue weighted by Crippen LogP contribution is -2.47. The zero-order valence-electron chi connectivity index (χ0n) is 59.9. The Morgan fingerprint density at radius 3 is 1.08 bits per heavy atom. The molecule has 0 saturated carbocycles. The van der Waals surface area contributed by atoms with Gasteiger partial charge < -0.3 is 30.6 Å². The Morgan fingerprint density at radius 2 is 0.735 bits per heavy atom. The third-order valence-corrected chi connectivity index (χ3v) is 18.5. The smallest absolute Gasteiger partial charge is 0.407 e. The third kappa shape index (κ3) is 17.1. The van der Waals surface area contributed by atoms with E-state index in [0.717, 1.165) is 114 Å². The van der Waals surface area contributed by atoms with E-state index in [0.29, 0.717) is 48.5 Å². The second kappa shape index (κ2) is 34.1. The summed E-state index contributed by atoms with van der Waals surface area (Å²) in [5.74, 6) is 3.36. The van der Waals surface area contributed by atoms with Gasteiger partial charge in [-0.1, -0.05) is 323 Å². The number of aromatic nitrogens is 8. The first-order valence-corrected chi connectivity index (χ1v) is 36.0. The van der Waals surface area contributed by atoms with E-state index in [4.69, 9.17) is 41.3 Å². The highest BCUT2D eigenvalue weighted by Gasteiger charge is 2.43. The lowest BCUT2D eigenvalue weighted by molar-refractivity contribution is 0.0343. The van der Waals surface area contributed by atoms with Crippen LogP contribution in [0.25, 0.3) is 33.9 Å². The molecule has 0 aliphatic carbocycles. The van der Waals surface area contributed by atoms with E-state index in [1.54, 1.807) is 9.59 Å². The van der Waals surface area contributed by atoms with E-state index in [9.17, 15) is 0 Å². The van der Waals surface area contributed by atoms with Gasteiger partial charge in [-0.3, -0.25) is 0 Å². The molecule has 4 N–H and O–H groups in total. The molecule has 14 nitrogen and oxygen atoms in total. The van der Waals surface area contributed by atoms with Gasteiger partial charge in [0.15, 0.2) is 11.1 Å². The quantitative estimate of drug-likeness (QED) is 0.0375. The van der Waals surface area contributed by atoms with Crippen LogP contribution in [0.5, 0.6) is 0 Å². The molecule has 16 heteroatoms. The van der Waals surface area contributed by atoms with Crippen molar-refractivity contribution in [3.8, 4) is 33.9 Å². The van der Waals surface area contributed by atoms with Crippen LogP contribution in [0.4, 0.5) is 22.7 Å². The van der Waals surface area contributed by atoms with Crippen LogP contribution in [-0.2, 0) is 20.4 Å². The largest absolute Gasteiger partial charge is 0.493 e. The van der Waals surface area contributed by atoms with Crippen LogP contribution in [0.3, 0.4) is 0 Å². The molecule has 2 aromatic heterocycles. The van der Waals surface area contributed by atoms with Gasteiger partial charge in [0.2, 0.25) is 11.6 Å². The van der Waals surface area contributed by atoms with E-state index in [2.05, 4.69) is 257 Å². The van der Waals surface area contributed by atoms with Crippen molar-refractivity contribution in [1.29, 1.82) is 0 Å². The average molecular weight is 1420 g/mol. The molecular weight excluding hydrogens is 1320 g/mol. The van der Waals surface area contributed by atoms with Crippen molar-refractivity contribution in [3.63, 3.8) is 0 Å². The Morgan fingerprint density at radius 1 is 0.422 bits per heavy atom. The highest BCUT2D eigenvalue weighted by Crippen LogP contribution is 2.43. The molecule has 13 rings (SSSR count). The Balaban J connectivity index is 0.000000174. The maximum Gasteiger partial charge on any atom is 0.493 e. The van der Waals surface area contributed by atoms with Crippen molar-refractivity contribution in [2.75, 3.05) is 60.7 Å². The van der Waals surface area contributed by atoms with Crippen molar-refractivity contribution in [2.45, 2.75) is 87.7 Å². The van der Waals surface area contributed by atoms with Crippen LogP contribution in [0, 0.1) is 29.1 Å². The fourth-order valence-corrected chi connectivity index (χ4v) is 13.9. The normalized spacial score (nSPS) is 12.9. The zero-order valence-corrected chi connectivity index (χ0v) is 61.4. The van der Waals surface area contributed by atoms with Gasteiger partial charge >= 0.3 is 7.12 Å². The molecule has 1 fully saturated rings. The molecule has 10 aromatic carbocycles. The van der Waals surface area contributed by atoms with Crippen molar-refractivity contribution in [3.05, 3.63) is 305 Å². The number of hydrogen-bond acceptors (Lipinski definition) is 12. The minimum atomic E-state index is -0.841. The van der Waals surface area contributed by atoms with E-state index in [-0.39, 0.29) is 20.0 Å². The summed E-state index contributed by atoms with van der Waals surface area (Å²) in [5, 5.41) is 28.6. The molecule has 0 spiro atoms. The predicted molar refractivity (Wildman–Crippen MR) is 426 cm³/mol. The summed E-state index contributed by atoms with van der Waals surface area (Å²) in [7, 11) is -0.307. The summed E-state index contributed by atoms with van der Waals surface area (Å²) in [4.78, 5) is 8.30. The van der Waals surface area contributed by atoms with Crippen LogP contribution in [0.2, 0.25) is 0 Å². The van der Waals surface area contributed by atoms with Crippen LogP contribution in [0.15, 0.2) is 271 Å². The molecule has 0 bridgehead atoms. The number of anilines is 4. The lowest BCUT2D eigenvalue weighted by Gasteiger charge is -2.34. The highest BCUT2D eigenvalue weighted by atomic mass is 79.9. The number of halogens is 1. The summed E-state index contributed by atoms with van der Waals surface area (Å²) >= 11 is 3.61. The fourth-order valence-electron chi connectivity index (χ4n) is 13.5. The number of nitrogens with two attached hydrogens (primary N) is 2. The summed E-state index contributed by atoms with van der Waals surface area (Å²) in [6.07, 6.45) is 0. The van der Waals surface area contributed by atoms with E-state index in [1.807, 2.05) is 115 Å². The summed E-state index contributed by atoms with van der Waals surface area (Å²) < 4.78 is 12.7. The predicted octanol–water partition coefficient (Wildman–Crippen LogP) is 18.3. The number of tetrazole rings is 2. The van der Waals surface area contributed by atoms with Gasteiger partial charge in [-0.2, -0.15) is 0 Å². The molecular formula is C86H98BBrN12O2. The van der Waals surface area contributed by atoms with Gasteiger partial charge in [-0.25, -0.2) is 0 Å².